The molecule has 0 amide bonds. The molecule has 0 aliphatic carbocycles. The van der Waals surface area contributed by atoms with Gasteiger partial charge in [-0.05, 0) is 54.9 Å². The van der Waals surface area contributed by atoms with Crippen molar-refractivity contribution < 1.29 is 9.18 Å². The van der Waals surface area contributed by atoms with Crippen LogP contribution in [0.25, 0.3) is 11.3 Å². The Balaban J connectivity index is 2.71. The monoisotopic (exact) mass is 358 g/mol. The van der Waals surface area contributed by atoms with Crippen molar-refractivity contribution in [3.05, 3.63) is 39.2 Å². The second-order valence-corrected chi connectivity index (χ2v) is 6.54. The molecule has 0 saturated heterocycles. The van der Waals surface area contributed by atoms with E-state index in [9.17, 15) is 9.18 Å². The largest absolute Gasteiger partial charge is 0.298 e. The fourth-order valence-electron chi connectivity index (χ4n) is 1.84. The Morgan fingerprint density at radius 1 is 1.40 bits per heavy atom. The average molecular weight is 360 g/mol. The fourth-order valence-corrected chi connectivity index (χ4v) is 2.99. The number of benzene rings is 1. The van der Waals surface area contributed by atoms with Crippen molar-refractivity contribution in [2.45, 2.75) is 26.3 Å². The highest BCUT2D eigenvalue weighted by molar-refractivity contribution is 9.10. The molecule has 1 aromatic heterocycles. The Morgan fingerprint density at radius 2 is 2.05 bits per heavy atom. The summed E-state index contributed by atoms with van der Waals surface area (Å²) in [6.45, 7) is 5.90. The molecule has 0 aliphatic heterocycles. The lowest BCUT2D eigenvalue weighted by Crippen LogP contribution is -2.23. The maximum atomic E-state index is 13.1. The number of hydrogen-bond acceptors (Lipinski definition) is 2. The van der Waals surface area contributed by atoms with Gasteiger partial charge in [-0.3, -0.25) is 9.48 Å². The lowest BCUT2D eigenvalue weighted by atomic mass is 10.1. The van der Waals surface area contributed by atoms with E-state index in [1.165, 1.54) is 18.2 Å². The molecule has 6 heteroatoms. The molecule has 0 fully saturated rings. The smallest absolute Gasteiger partial charge is 0.155 e. The van der Waals surface area contributed by atoms with E-state index in [4.69, 9.17) is 11.6 Å². The predicted molar refractivity (Wildman–Crippen MR) is 80.7 cm³/mol. The van der Waals surface area contributed by atoms with Crippen LogP contribution in [0, 0.1) is 5.82 Å². The van der Waals surface area contributed by atoms with Gasteiger partial charge in [-0.2, -0.15) is 5.10 Å². The van der Waals surface area contributed by atoms with Crippen molar-refractivity contribution >= 4 is 33.8 Å². The Morgan fingerprint density at radius 3 is 2.55 bits per heavy atom. The number of aromatic nitrogens is 2. The van der Waals surface area contributed by atoms with Crippen molar-refractivity contribution in [3.63, 3.8) is 0 Å². The number of carbonyl (C=O) groups is 1. The summed E-state index contributed by atoms with van der Waals surface area (Å²) in [4.78, 5) is 11.3. The van der Waals surface area contributed by atoms with Gasteiger partial charge >= 0.3 is 0 Å². The summed E-state index contributed by atoms with van der Waals surface area (Å²) in [5, 5.41) is 4.67. The SMILES string of the molecule is CC(C)(C)n1nc(-c2ccc(F)cc2Cl)c(C=O)c1Br. The predicted octanol–water partition coefficient (Wildman–Crippen LogP) is 4.67. The van der Waals surface area contributed by atoms with Crippen LogP contribution in [0.2, 0.25) is 5.02 Å². The van der Waals surface area contributed by atoms with E-state index in [1.807, 2.05) is 20.8 Å². The van der Waals surface area contributed by atoms with Gasteiger partial charge in [-0.25, -0.2) is 4.39 Å². The summed E-state index contributed by atoms with van der Waals surface area (Å²) in [5.41, 5.74) is 1.06. The summed E-state index contributed by atoms with van der Waals surface area (Å²) in [6.07, 6.45) is 0.717. The Kier molecular flexibility index (Phi) is 4.02. The molecule has 0 radical (unpaired) electrons. The fraction of sp³-hybridized carbons (Fsp3) is 0.286. The van der Waals surface area contributed by atoms with Crippen LogP contribution in [-0.2, 0) is 5.54 Å². The van der Waals surface area contributed by atoms with Crippen LogP contribution in [0.3, 0.4) is 0 Å². The number of nitrogens with zero attached hydrogens (tertiary/aromatic N) is 2. The third-order valence-corrected chi connectivity index (χ3v) is 3.88. The van der Waals surface area contributed by atoms with Crippen LogP contribution >= 0.6 is 27.5 Å². The Hall–Kier alpha value is -1.20. The van der Waals surface area contributed by atoms with Crippen molar-refractivity contribution in [2.24, 2.45) is 0 Å². The molecule has 0 aliphatic rings. The first-order valence-corrected chi connectivity index (χ1v) is 7.12. The Labute approximate surface area is 129 Å². The van der Waals surface area contributed by atoms with Crippen LogP contribution in [0.4, 0.5) is 4.39 Å². The molecule has 2 aromatic rings. The summed E-state index contributed by atoms with van der Waals surface area (Å²) in [5.74, 6) is -0.430. The molecule has 2 rings (SSSR count). The lowest BCUT2D eigenvalue weighted by Gasteiger charge is -2.20. The number of hydrogen-bond donors (Lipinski definition) is 0. The van der Waals surface area contributed by atoms with Crippen molar-refractivity contribution in [2.75, 3.05) is 0 Å². The lowest BCUT2D eigenvalue weighted by molar-refractivity contribution is 0.112. The van der Waals surface area contributed by atoms with Gasteiger partial charge in [0.15, 0.2) is 6.29 Å². The molecule has 20 heavy (non-hydrogen) atoms. The molecule has 0 atom stereocenters. The zero-order valence-corrected chi connectivity index (χ0v) is 13.6. The molecular weight excluding hydrogens is 347 g/mol. The molecular formula is C14H13BrClFN2O. The number of halogens is 3. The highest BCUT2D eigenvalue weighted by Crippen LogP contribution is 2.35. The summed E-state index contributed by atoms with van der Waals surface area (Å²) in [6, 6.07) is 4.02. The molecule has 3 nitrogen and oxygen atoms in total. The van der Waals surface area contributed by atoms with Gasteiger partial charge in [0.2, 0.25) is 0 Å². The summed E-state index contributed by atoms with van der Waals surface area (Å²) >= 11 is 9.43. The third-order valence-electron chi connectivity index (χ3n) is 2.80. The van der Waals surface area contributed by atoms with Gasteiger partial charge in [-0.1, -0.05) is 11.6 Å². The molecule has 106 valence electrons. The topological polar surface area (TPSA) is 34.9 Å². The molecule has 0 spiro atoms. The van der Waals surface area contributed by atoms with E-state index in [0.717, 1.165) is 0 Å². The summed E-state index contributed by atoms with van der Waals surface area (Å²) in [7, 11) is 0. The normalized spacial score (nSPS) is 11.7. The van der Waals surface area contributed by atoms with Crippen LogP contribution in [-0.4, -0.2) is 16.1 Å². The van der Waals surface area contributed by atoms with E-state index in [-0.39, 0.29) is 10.6 Å². The zero-order chi connectivity index (χ0) is 15.1. The number of carbonyl (C=O) groups excluding carboxylic acids is 1. The van der Waals surface area contributed by atoms with Gasteiger partial charge < -0.3 is 0 Å². The molecule has 0 bridgehead atoms. The van der Waals surface area contributed by atoms with Crippen molar-refractivity contribution in [1.29, 1.82) is 0 Å². The first kappa shape index (κ1) is 15.2. The molecule has 1 aromatic carbocycles. The van der Waals surface area contributed by atoms with Crippen LogP contribution < -0.4 is 0 Å². The van der Waals surface area contributed by atoms with Gasteiger partial charge in [0.1, 0.15) is 16.1 Å². The van der Waals surface area contributed by atoms with E-state index in [2.05, 4.69) is 21.0 Å². The maximum Gasteiger partial charge on any atom is 0.155 e. The van der Waals surface area contributed by atoms with Crippen LogP contribution in [0.15, 0.2) is 22.8 Å². The molecule has 0 saturated carbocycles. The number of rotatable bonds is 2. The first-order chi connectivity index (χ1) is 9.25. The minimum absolute atomic E-state index is 0.221. The molecule has 0 N–H and O–H groups in total. The minimum atomic E-state index is -0.430. The van der Waals surface area contributed by atoms with Gasteiger partial charge in [-0.15, -0.1) is 0 Å². The molecule has 1 heterocycles. The van der Waals surface area contributed by atoms with E-state index in [0.29, 0.717) is 27.7 Å². The van der Waals surface area contributed by atoms with Crippen molar-refractivity contribution in [3.8, 4) is 11.3 Å². The summed E-state index contributed by atoms with van der Waals surface area (Å²) < 4.78 is 15.4. The second kappa shape index (κ2) is 5.30. The van der Waals surface area contributed by atoms with Crippen molar-refractivity contribution in [1.82, 2.24) is 9.78 Å². The van der Waals surface area contributed by atoms with Gasteiger partial charge in [0.25, 0.3) is 0 Å². The zero-order valence-electron chi connectivity index (χ0n) is 11.2. The van der Waals surface area contributed by atoms with E-state index >= 15 is 0 Å². The maximum absolute atomic E-state index is 13.1. The van der Waals surface area contributed by atoms with Crippen LogP contribution in [0.5, 0.6) is 0 Å². The van der Waals surface area contributed by atoms with Crippen LogP contribution in [0.1, 0.15) is 31.1 Å². The van der Waals surface area contributed by atoms with Gasteiger partial charge in [0, 0.05) is 5.56 Å². The third kappa shape index (κ3) is 2.65. The second-order valence-electron chi connectivity index (χ2n) is 5.38. The number of aldehydes is 1. The standard InChI is InChI=1S/C14H13BrClFN2O/c1-14(2,3)19-13(15)10(7-20)12(18-19)9-5-4-8(17)6-11(9)16/h4-7H,1-3H3. The minimum Gasteiger partial charge on any atom is -0.298 e. The highest BCUT2D eigenvalue weighted by atomic mass is 79.9. The van der Waals surface area contributed by atoms with Gasteiger partial charge in [0.05, 0.1) is 16.1 Å². The average Bonchev–Trinajstić information content (AvgIpc) is 2.65. The van der Waals surface area contributed by atoms with E-state index in [1.54, 1.807) is 4.68 Å². The highest BCUT2D eigenvalue weighted by Gasteiger charge is 2.25. The quantitative estimate of drug-likeness (QED) is 0.730. The molecule has 0 unspecified atom stereocenters. The Bertz CT molecular complexity index is 677. The first-order valence-electron chi connectivity index (χ1n) is 5.95. The van der Waals surface area contributed by atoms with E-state index < -0.39 is 5.82 Å².